The van der Waals surface area contributed by atoms with Crippen LogP contribution < -0.4 is 15.8 Å². The van der Waals surface area contributed by atoms with Crippen molar-refractivity contribution in [3.05, 3.63) is 29.8 Å². The quantitative estimate of drug-likeness (QED) is 0.787. The molecule has 0 bridgehead atoms. The maximum atomic E-state index is 11.0. The third kappa shape index (κ3) is 3.55. The number of hydrogen-bond acceptors (Lipinski definition) is 3. The zero-order valence-electron chi connectivity index (χ0n) is 9.69. The van der Waals surface area contributed by atoms with Gasteiger partial charge in [0, 0.05) is 13.1 Å². The van der Waals surface area contributed by atoms with E-state index in [4.69, 9.17) is 10.5 Å². The van der Waals surface area contributed by atoms with Gasteiger partial charge in [0.1, 0.15) is 5.75 Å². The molecule has 0 saturated carbocycles. The van der Waals surface area contributed by atoms with Gasteiger partial charge < -0.3 is 15.8 Å². The number of carbonyl (C=O) groups excluding carboxylic acids is 1. The van der Waals surface area contributed by atoms with Crippen molar-refractivity contribution < 1.29 is 9.53 Å². The molecular formula is C12H18N2O2. The van der Waals surface area contributed by atoms with E-state index in [1.54, 1.807) is 7.05 Å². The summed E-state index contributed by atoms with van der Waals surface area (Å²) in [4.78, 5) is 11.0. The lowest BCUT2D eigenvalue weighted by Gasteiger charge is -2.10. The monoisotopic (exact) mass is 222 g/mol. The first-order chi connectivity index (χ1) is 7.67. The highest BCUT2D eigenvalue weighted by atomic mass is 16.5. The molecule has 0 aromatic heterocycles. The second-order valence-corrected chi connectivity index (χ2v) is 3.55. The zero-order valence-corrected chi connectivity index (χ0v) is 9.69. The van der Waals surface area contributed by atoms with Gasteiger partial charge >= 0.3 is 0 Å². The summed E-state index contributed by atoms with van der Waals surface area (Å²) in [5, 5.41) is 2.49. The summed E-state index contributed by atoms with van der Waals surface area (Å²) in [7, 11) is 1.58. The summed E-state index contributed by atoms with van der Waals surface area (Å²) in [6.07, 6.45) is 0.901. The third-order valence-electron chi connectivity index (χ3n) is 2.40. The summed E-state index contributed by atoms with van der Waals surface area (Å²) < 4.78 is 5.27. The maximum Gasteiger partial charge on any atom is 0.257 e. The Bertz CT molecular complexity index is 335. The first kappa shape index (κ1) is 12.5. The van der Waals surface area contributed by atoms with Crippen molar-refractivity contribution in [2.75, 3.05) is 13.7 Å². The molecule has 0 aliphatic rings. The van der Waals surface area contributed by atoms with Crippen molar-refractivity contribution in [2.24, 2.45) is 5.73 Å². The predicted molar refractivity (Wildman–Crippen MR) is 63.2 cm³/mol. The van der Waals surface area contributed by atoms with Crippen molar-refractivity contribution in [1.29, 1.82) is 0 Å². The van der Waals surface area contributed by atoms with Crippen LogP contribution in [-0.2, 0) is 4.79 Å². The van der Waals surface area contributed by atoms with E-state index in [1.165, 1.54) is 0 Å². The van der Waals surface area contributed by atoms with Crippen LogP contribution in [0.5, 0.6) is 5.75 Å². The lowest BCUT2D eigenvalue weighted by atomic mass is 10.1. The molecule has 88 valence electrons. The van der Waals surface area contributed by atoms with Gasteiger partial charge in [-0.1, -0.05) is 19.1 Å². The molecule has 0 fully saturated rings. The maximum absolute atomic E-state index is 11.0. The van der Waals surface area contributed by atoms with Crippen LogP contribution >= 0.6 is 0 Å². The van der Waals surface area contributed by atoms with Gasteiger partial charge in [-0.15, -0.1) is 0 Å². The number of nitrogens with one attached hydrogen (secondary N) is 1. The molecule has 1 aromatic carbocycles. The lowest BCUT2D eigenvalue weighted by molar-refractivity contribution is -0.122. The topological polar surface area (TPSA) is 64.3 Å². The summed E-state index contributed by atoms with van der Waals surface area (Å²) in [6.45, 7) is 2.08. The van der Waals surface area contributed by atoms with Crippen molar-refractivity contribution in [3.8, 4) is 5.75 Å². The number of benzene rings is 1. The van der Waals surface area contributed by atoms with Crippen molar-refractivity contribution >= 4 is 5.91 Å². The fourth-order valence-corrected chi connectivity index (χ4v) is 1.27. The summed E-state index contributed by atoms with van der Waals surface area (Å²) in [5.74, 6) is 0.532. The van der Waals surface area contributed by atoms with Crippen LogP contribution in [0, 0.1) is 0 Å². The summed E-state index contributed by atoms with van der Waals surface area (Å²) >= 11 is 0. The molecule has 0 aliphatic carbocycles. The van der Waals surface area contributed by atoms with Gasteiger partial charge in [0.2, 0.25) is 0 Å². The first-order valence-corrected chi connectivity index (χ1v) is 5.36. The normalized spacial score (nSPS) is 11.9. The highest BCUT2D eigenvalue weighted by Gasteiger charge is 2.04. The summed E-state index contributed by atoms with van der Waals surface area (Å²) in [5.41, 5.74) is 6.96. The van der Waals surface area contributed by atoms with Gasteiger partial charge in [-0.2, -0.15) is 0 Å². The molecule has 0 radical (unpaired) electrons. The highest BCUT2D eigenvalue weighted by molar-refractivity contribution is 5.77. The first-order valence-electron chi connectivity index (χ1n) is 5.36. The Morgan fingerprint density at radius 2 is 2.06 bits per heavy atom. The summed E-state index contributed by atoms with van der Waals surface area (Å²) in [6, 6.07) is 7.57. The minimum Gasteiger partial charge on any atom is -0.484 e. The van der Waals surface area contributed by atoms with E-state index < -0.39 is 0 Å². The van der Waals surface area contributed by atoms with Gasteiger partial charge in [-0.05, 0) is 24.1 Å². The highest BCUT2D eigenvalue weighted by Crippen LogP contribution is 2.17. The SMILES string of the molecule is CCC(N)c1ccc(OCC(=O)NC)cc1. The molecule has 4 nitrogen and oxygen atoms in total. The van der Waals surface area contributed by atoms with E-state index in [9.17, 15) is 4.79 Å². The predicted octanol–water partition coefficient (Wildman–Crippen LogP) is 1.22. The van der Waals surface area contributed by atoms with Crippen molar-refractivity contribution in [1.82, 2.24) is 5.32 Å². The van der Waals surface area contributed by atoms with Crippen LogP contribution in [0.15, 0.2) is 24.3 Å². The van der Waals surface area contributed by atoms with Crippen molar-refractivity contribution in [3.63, 3.8) is 0 Å². The Kier molecular flexibility index (Phi) is 4.79. The van der Waals surface area contributed by atoms with Crippen LogP contribution in [0.4, 0.5) is 0 Å². The van der Waals surface area contributed by atoms with Crippen LogP contribution in [-0.4, -0.2) is 19.6 Å². The average molecular weight is 222 g/mol. The van der Waals surface area contributed by atoms with Crippen LogP contribution in [0.25, 0.3) is 0 Å². The van der Waals surface area contributed by atoms with E-state index in [0.717, 1.165) is 12.0 Å². The smallest absolute Gasteiger partial charge is 0.257 e. The van der Waals surface area contributed by atoms with Crippen LogP contribution in [0.3, 0.4) is 0 Å². The van der Waals surface area contributed by atoms with Crippen LogP contribution in [0.1, 0.15) is 24.9 Å². The van der Waals surface area contributed by atoms with E-state index in [-0.39, 0.29) is 18.6 Å². The molecule has 1 rings (SSSR count). The molecule has 1 aromatic rings. The Labute approximate surface area is 95.8 Å². The number of nitrogens with two attached hydrogens (primary N) is 1. The minimum absolute atomic E-state index is 0.0374. The molecule has 0 spiro atoms. The number of likely N-dealkylation sites (N-methyl/N-ethyl adjacent to an activating group) is 1. The molecule has 1 amide bonds. The molecule has 4 heteroatoms. The largest absolute Gasteiger partial charge is 0.484 e. The fourth-order valence-electron chi connectivity index (χ4n) is 1.27. The molecule has 1 unspecified atom stereocenters. The zero-order chi connectivity index (χ0) is 12.0. The average Bonchev–Trinajstić information content (AvgIpc) is 2.35. The third-order valence-corrected chi connectivity index (χ3v) is 2.40. The van der Waals surface area contributed by atoms with Gasteiger partial charge in [0.15, 0.2) is 6.61 Å². The van der Waals surface area contributed by atoms with Crippen LogP contribution in [0.2, 0.25) is 0 Å². The minimum atomic E-state index is -0.144. The lowest BCUT2D eigenvalue weighted by Crippen LogP contribution is -2.24. The molecule has 1 atom stereocenters. The second-order valence-electron chi connectivity index (χ2n) is 3.55. The number of rotatable bonds is 5. The molecule has 0 saturated heterocycles. The molecule has 0 heterocycles. The Hall–Kier alpha value is -1.55. The Balaban J connectivity index is 2.54. The van der Waals surface area contributed by atoms with E-state index in [0.29, 0.717) is 5.75 Å². The van der Waals surface area contributed by atoms with Gasteiger partial charge in [0.25, 0.3) is 5.91 Å². The van der Waals surface area contributed by atoms with Gasteiger partial charge in [-0.25, -0.2) is 0 Å². The Morgan fingerprint density at radius 1 is 1.44 bits per heavy atom. The van der Waals surface area contributed by atoms with E-state index in [1.807, 2.05) is 31.2 Å². The number of hydrogen-bond donors (Lipinski definition) is 2. The number of carbonyl (C=O) groups is 1. The van der Waals surface area contributed by atoms with Crippen molar-refractivity contribution in [2.45, 2.75) is 19.4 Å². The van der Waals surface area contributed by atoms with E-state index in [2.05, 4.69) is 5.32 Å². The molecular weight excluding hydrogens is 204 g/mol. The molecule has 16 heavy (non-hydrogen) atoms. The number of ether oxygens (including phenoxy) is 1. The molecule has 3 N–H and O–H groups in total. The number of amides is 1. The second kappa shape index (κ2) is 6.12. The molecule has 0 aliphatic heterocycles. The van der Waals surface area contributed by atoms with Gasteiger partial charge in [-0.3, -0.25) is 4.79 Å². The Morgan fingerprint density at radius 3 is 2.56 bits per heavy atom. The fraction of sp³-hybridized carbons (Fsp3) is 0.417. The van der Waals surface area contributed by atoms with Gasteiger partial charge in [0.05, 0.1) is 0 Å². The van der Waals surface area contributed by atoms with E-state index >= 15 is 0 Å². The standard InChI is InChI=1S/C12H18N2O2/c1-3-11(13)9-4-6-10(7-5-9)16-8-12(15)14-2/h4-7,11H,3,8,13H2,1-2H3,(H,14,15).